The van der Waals surface area contributed by atoms with Crippen LogP contribution in [0.2, 0.25) is 0 Å². The molecule has 0 saturated heterocycles. The van der Waals surface area contributed by atoms with Gasteiger partial charge in [-0.2, -0.15) is 0 Å². The quantitative estimate of drug-likeness (QED) is 0.671. The van der Waals surface area contributed by atoms with Crippen molar-refractivity contribution < 1.29 is 19.4 Å². The summed E-state index contributed by atoms with van der Waals surface area (Å²) < 4.78 is 6.05. The summed E-state index contributed by atoms with van der Waals surface area (Å²) in [7, 11) is 1.59. The molecule has 0 saturated carbocycles. The summed E-state index contributed by atoms with van der Waals surface area (Å²) in [5.41, 5.74) is 1.41. The Hall–Kier alpha value is -3.13. The first kappa shape index (κ1) is 15.8. The van der Waals surface area contributed by atoms with Crippen molar-refractivity contribution >= 4 is 44.4 Å². The number of anilines is 2. The van der Waals surface area contributed by atoms with E-state index in [1.165, 1.54) is 35.6 Å². The molecule has 0 spiro atoms. The molecule has 2 amide bonds. The molecule has 8 heteroatoms. The van der Waals surface area contributed by atoms with Crippen LogP contribution in [0.5, 0.6) is 5.75 Å². The lowest BCUT2D eigenvalue weighted by Gasteiger charge is -2.05. The minimum atomic E-state index is -1.02. The Balaban J connectivity index is 1.69. The van der Waals surface area contributed by atoms with Gasteiger partial charge in [0.1, 0.15) is 5.75 Å². The van der Waals surface area contributed by atoms with Crippen LogP contribution in [-0.4, -0.2) is 29.2 Å². The molecule has 7 nitrogen and oxygen atoms in total. The number of hydrogen-bond acceptors (Lipinski definition) is 5. The maximum atomic E-state index is 12.0. The summed E-state index contributed by atoms with van der Waals surface area (Å²) in [6.07, 6.45) is 0. The Morgan fingerprint density at radius 1 is 1.12 bits per heavy atom. The highest BCUT2D eigenvalue weighted by Gasteiger charge is 2.09. The van der Waals surface area contributed by atoms with Crippen LogP contribution in [0, 0.1) is 0 Å². The second-order valence-electron chi connectivity index (χ2n) is 4.81. The van der Waals surface area contributed by atoms with Crippen LogP contribution in [0.25, 0.3) is 10.2 Å². The highest BCUT2D eigenvalue weighted by Crippen LogP contribution is 2.29. The van der Waals surface area contributed by atoms with Gasteiger partial charge in [0.15, 0.2) is 5.13 Å². The Morgan fingerprint density at radius 3 is 2.54 bits per heavy atom. The maximum Gasteiger partial charge on any atom is 0.335 e. The summed E-state index contributed by atoms with van der Waals surface area (Å²) in [5, 5.41) is 14.6. The van der Waals surface area contributed by atoms with Crippen molar-refractivity contribution in [1.29, 1.82) is 0 Å². The Bertz CT molecular complexity index is 905. The van der Waals surface area contributed by atoms with E-state index in [-0.39, 0.29) is 5.56 Å². The van der Waals surface area contributed by atoms with Crippen LogP contribution >= 0.6 is 11.3 Å². The molecule has 24 heavy (non-hydrogen) atoms. The highest BCUT2D eigenvalue weighted by molar-refractivity contribution is 7.22. The topological polar surface area (TPSA) is 101 Å². The Kier molecular flexibility index (Phi) is 4.30. The van der Waals surface area contributed by atoms with Gasteiger partial charge in [-0.1, -0.05) is 11.3 Å². The number of carbonyl (C=O) groups excluding carboxylic acids is 1. The van der Waals surface area contributed by atoms with Gasteiger partial charge in [0, 0.05) is 5.69 Å². The van der Waals surface area contributed by atoms with Crippen LogP contribution in [0.15, 0.2) is 42.5 Å². The number of nitrogens with one attached hydrogen (secondary N) is 2. The van der Waals surface area contributed by atoms with Crippen molar-refractivity contribution in [3.8, 4) is 5.75 Å². The van der Waals surface area contributed by atoms with E-state index in [2.05, 4.69) is 15.6 Å². The van der Waals surface area contributed by atoms with E-state index in [0.717, 1.165) is 16.0 Å². The minimum Gasteiger partial charge on any atom is -0.497 e. The molecule has 3 rings (SSSR count). The van der Waals surface area contributed by atoms with E-state index in [1.54, 1.807) is 13.2 Å². The number of ether oxygens (including phenoxy) is 1. The summed E-state index contributed by atoms with van der Waals surface area (Å²) in [4.78, 5) is 27.1. The van der Waals surface area contributed by atoms with Gasteiger partial charge < -0.3 is 15.2 Å². The lowest BCUT2D eigenvalue weighted by atomic mass is 10.2. The van der Waals surface area contributed by atoms with Crippen molar-refractivity contribution in [3.63, 3.8) is 0 Å². The molecule has 0 aliphatic heterocycles. The molecular formula is C16H13N3O4S. The summed E-state index contributed by atoms with van der Waals surface area (Å²) >= 11 is 1.33. The van der Waals surface area contributed by atoms with E-state index < -0.39 is 12.0 Å². The number of urea groups is 1. The summed E-state index contributed by atoms with van der Waals surface area (Å²) in [6.45, 7) is 0. The van der Waals surface area contributed by atoms with E-state index in [4.69, 9.17) is 9.84 Å². The number of fused-ring (bicyclic) bond motifs is 1. The zero-order valence-electron chi connectivity index (χ0n) is 12.6. The van der Waals surface area contributed by atoms with Crippen molar-refractivity contribution in [2.45, 2.75) is 0 Å². The van der Waals surface area contributed by atoms with E-state index in [9.17, 15) is 9.59 Å². The molecule has 0 bridgehead atoms. The monoisotopic (exact) mass is 343 g/mol. The highest BCUT2D eigenvalue weighted by atomic mass is 32.1. The van der Waals surface area contributed by atoms with Crippen molar-refractivity contribution in [2.75, 3.05) is 17.7 Å². The van der Waals surface area contributed by atoms with Crippen LogP contribution in [0.1, 0.15) is 10.4 Å². The molecule has 1 heterocycles. The molecule has 0 aliphatic rings. The molecule has 0 fully saturated rings. The third-order valence-corrected chi connectivity index (χ3v) is 4.14. The number of carboxylic acids is 1. The average molecular weight is 343 g/mol. The van der Waals surface area contributed by atoms with E-state index in [1.807, 2.05) is 12.1 Å². The van der Waals surface area contributed by atoms with Crippen LogP contribution in [0.3, 0.4) is 0 Å². The van der Waals surface area contributed by atoms with Crippen molar-refractivity contribution in [3.05, 3.63) is 48.0 Å². The smallest absolute Gasteiger partial charge is 0.335 e. The van der Waals surface area contributed by atoms with Gasteiger partial charge in [0.2, 0.25) is 0 Å². The largest absolute Gasteiger partial charge is 0.497 e. The molecule has 0 atom stereocenters. The molecule has 0 radical (unpaired) electrons. The van der Waals surface area contributed by atoms with Gasteiger partial charge in [0.05, 0.1) is 22.9 Å². The Morgan fingerprint density at radius 2 is 1.88 bits per heavy atom. The first-order valence-electron chi connectivity index (χ1n) is 6.91. The summed E-state index contributed by atoms with van der Waals surface area (Å²) in [5.74, 6) is -0.295. The predicted molar refractivity (Wildman–Crippen MR) is 92.2 cm³/mol. The normalized spacial score (nSPS) is 10.4. The SMILES string of the molecule is COc1ccc2nc(NC(=O)Nc3ccc(C(=O)O)cc3)sc2c1. The number of hydrogen-bond donors (Lipinski definition) is 3. The van der Waals surface area contributed by atoms with E-state index in [0.29, 0.717) is 10.8 Å². The first-order valence-corrected chi connectivity index (χ1v) is 7.73. The minimum absolute atomic E-state index is 0.154. The van der Waals surface area contributed by atoms with E-state index >= 15 is 0 Å². The molecule has 3 aromatic rings. The fraction of sp³-hybridized carbons (Fsp3) is 0.0625. The van der Waals surface area contributed by atoms with Crippen LogP contribution < -0.4 is 15.4 Å². The molecule has 2 aromatic carbocycles. The standard InChI is InChI=1S/C16H13N3O4S/c1-23-11-6-7-12-13(8-11)24-16(18-12)19-15(22)17-10-4-2-9(3-5-10)14(20)21/h2-8H,1H3,(H,20,21)(H2,17,18,19,22). The fourth-order valence-electron chi connectivity index (χ4n) is 2.04. The number of aromatic nitrogens is 1. The fourth-order valence-corrected chi connectivity index (χ4v) is 2.93. The number of nitrogens with zero attached hydrogens (tertiary/aromatic N) is 1. The van der Waals surface area contributed by atoms with Gasteiger partial charge >= 0.3 is 12.0 Å². The van der Waals surface area contributed by atoms with Crippen LogP contribution in [0.4, 0.5) is 15.6 Å². The third kappa shape index (κ3) is 3.44. The summed E-state index contributed by atoms with van der Waals surface area (Å²) in [6, 6.07) is 10.9. The number of carboxylic acid groups (broad SMARTS) is 1. The Labute approximate surface area is 140 Å². The third-order valence-electron chi connectivity index (χ3n) is 3.21. The number of methoxy groups -OCH3 is 1. The zero-order valence-corrected chi connectivity index (χ0v) is 13.4. The molecular weight excluding hydrogens is 330 g/mol. The second-order valence-corrected chi connectivity index (χ2v) is 5.84. The van der Waals surface area contributed by atoms with Crippen molar-refractivity contribution in [1.82, 2.24) is 4.98 Å². The number of thiazole rings is 1. The number of rotatable bonds is 4. The molecule has 0 aliphatic carbocycles. The predicted octanol–water partition coefficient (Wildman–Crippen LogP) is 3.65. The number of carbonyl (C=O) groups is 2. The molecule has 0 unspecified atom stereocenters. The lowest BCUT2D eigenvalue weighted by Crippen LogP contribution is -2.19. The van der Waals surface area contributed by atoms with Gasteiger partial charge in [-0.3, -0.25) is 5.32 Å². The first-order chi connectivity index (χ1) is 11.5. The number of amides is 2. The lowest BCUT2D eigenvalue weighted by molar-refractivity contribution is 0.0697. The molecule has 3 N–H and O–H groups in total. The van der Waals surface area contributed by atoms with Gasteiger partial charge in [-0.25, -0.2) is 14.6 Å². The van der Waals surface area contributed by atoms with Gasteiger partial charge in [-0.05, 0) is 42.5 Å². The zero-order chi connectivity index (χ0) is 17.1. The number of benzene rings is 2. The van der Waals surface area contributed by atoms with Gasteiger partial charge in [-0.15, -0.1) is 0 Å². The second kappa shape index (κ2) is 6.55. The van der Waals surface area contributed by atoms with Crippen molar-refractivity contribution in [2.24, 2.45) is 0 Å². The molecule has 1 aromatic heterocycles. The average Bonchev–Trinajstić information content (AvgIpc) is 2.96. The number of aromatic carboxylic acids is 1. The maximum absolute atomic E-state index is 12.0. The molecule has 122 valence electrons. The van der Waals surface area contributed by atoms with Crippen LogP contribution in [-0.2, 0) is 0 Å². The van der Waals surface area contributed by atoms with Gasteiger partial charge in [0.25, 0.3) is 0 Å².